The summed E-state index contributed by atoms with van der Waals surface area (Å²) in [5.41, 5.74) is 0.908. The molecule has 3 rings (SSSR count). The summed E-state index contributed by atoms with van der Waals surface area (Å²) in [7, 11) is 0. The van der Waals surface area contributed by atoms with Gasteiger partial charge in [0, 0.05) is 12.0 Å². The minimum absolute atomic E-state index is 0.0103. The van der Waals surface area contributed by atoms with Crippen LogP contribution >= 0.6 is 0 Å². The minimum atomic E-state index is -0.654. The highest BCUT2D eigenvalue weighted by atomic mass is 19.1. The zero-order valence-electron chi connectivity index (χ0n) is 14.2. The largest absolute Gasteiger partial charge is 0.469 e. The second-order valence-electron chi connectivity index (χ2n) is 6.83. The molecule has 1 heterocycles. The van der Waals surface area contributed by atoms with Gasteiger partial charge in [0.15, 0.2) is 12.6 Å². The highest BCUT2D eigenvalue weighted by Gasteiger charge is 2.51. The van der Waals surface area contributed by atoms with Gasteiger partial charge in [0.2, 0.25) is 0 Å². The summed E-state index contributed by atoms with van der Waals surface area (Å²) in [4.78, 5) is 12.2. The second-order valence-corrected chi connectivity index (χ2v) is 6.83. The van der Waals surface area contributed by atoms with Gasteiger partial charge in [-0.1, -0.05) is 25.1 Å². The maximum absolute atomic E-state index is 14.2. The second kappa shape index (κ2) is 6.52. The lowest BCUT2D eigenvalue weighted by Crippen LogP contribution is -2.45. The van der Waals surface area contributed by atoms with Crippen LogP contribution in [0.1, 0.15) is 30.9 Å². The Morgan fingerprint density at radius 2 is 2.29 bits per heavy atom. The summed E-state index contributed by atoms with van der Waals surface area (Å²) in [5.74, 6) is 0.284. The first-order chi connectivity index (χ1) is 11.5. The summed E-state index contributed by atoms with van der Waals surface area (Å²) in [6.07, 6.45) is 5.02. The van der Waals surface area contributed by atoms with E-state index in [-0.39, 0.29) is 30.2 Å². The summed E-state index contributed by atoms with van der Waals surface area (Å²) in [5, 5.41) is 0. The molecule has 0 bridgehead atoms. The van der Waals surface area contributed by atoms with E-state index in [4.69, 9.17) is 9.47 Å². The van der Waals surface area contributed by atoms with Crippen LogP contribution in [0.3, 0.4) is 0 Å². The van der Waals surface area contributed by atoms with Crippen LogP contribution in [0.25, 0.3) is 0 Å². The minimum Gasteiger partial charge on any atom is -0.469 e. The normalized spacial score (nSPS) is 27.2. The Morgan fingerprint density at radius 1 is 1.50 bits per heavy atom. The monoisotopic (exact) mass is 330 g/mol. The molecular formula is C20H23FO3. The lowest BCUT2D eigenvalue weighted by atomic mass is 9.71. The first-order valence-corrected chi connectivity index (χ1v) is 8.35. The van der Waals surface area contributed by atoms with Gasteiger partial charge in [-0.25, -0.2) is 4.39 Å². The average molecular weight is 330 g/mol. The van der Waals surface area contributed by atoms with Crippen LogP contribution in [0.15, 0.2) is 42.7 Å². The van der Waals surface area contributed by atoms with Gasteiger partial charge in [-0.3, -0.25) is 4.79 Å². The molecule has 0 saturated carbocycles. The molecule has 0 aromatic heterocycles. The van der Waals surface area contributed by atoms with E-state index in [2.05, 4.69) is 6.58 Å². The van der Waals surface area contributed by atoms with E-state index < -0.39 is 5.60 Å². The highest BCUT2D eigenvalue weighted by Crippen LogP contribution is 2.46. The number of fused-ring (bicyclic) bond motifs is 1. The van der Waals surface area contributed by atoms with Crippen LogP contribution in [0, 0.1) is 24.6 Å². The van der Waals surface area contributed by atoms with Crippen molar-refractivity contribution in [2.75, 3.05) is 6.79 Å². The van der Waals surface area contributed by atoms with E-state index in [0.717, 1.165) is 5.56 Å². The molecule has 1 aromatic rings. The van der Waals surface area contributed by atoms with E-state index in [1.807, 2.05) is 26.0 Å². The van der Waals surface area contributed by atoms with Crippen LogP contribution in [0.4, 0.5) is 4.39 Å². The first kappa shape index (κ1) is 16.9. The van der Waals surface area contributed by atoms with Crippen molar-refractivity contribution < 1.29 is 18.7 Å². The molecule has 1 aromatic carbocycles. The molecule has 128 valence electrons. The molecule has 0 amide bonds. The number of hydrogen-bond acceptors (Lipinski definition) is 3. The molecule has 3 atom stereocenters. The SMILES string of the molecule is C=CC[C@H]1C[C@]2([C@@H](C)Cc3ccc(C)cc3F)OCOC2=CC1=O. The Bertz CT molecular complexity index is 694. The number of ketones is 1. The van der Waals surface area contributed by atoms with Gasteiger partial charge in [-0.05, 0) is 49.3 Å². The summed E-state index contributed by atoms with van der Waals surface area (Å²) >= 11 is 0. The molecular weight excluding hydrogens is 307 g/mol. The molecule has 24 heavy (non-hydrogen) atoms. The van der Waals surface area contributed by atoms with Crippen molar-refractivity contribution in [3.05, 3.63) is 59.6 Å². The molecule has 0 spiro atoms. The number of carbonyl (C=O) groups excluding carboxylic acids is 1. The fraction of sp³-hybridized carbons (Fsp3) is 0.450. The zero-order valence-corrected chi connectivity index (χ0v) is 14.2. The number of halogens is 1. The van der Waals surface area contributed by atoms with Crippen LogP contribution in [0.5, 0.6) is 0 Å². The Labute approximate surface area is 142 Å². The molecule has 1 aliphatic carbocycles. The third kappa shape index (κ3) is 2.91. The molecule has 1 aliphatic heterocycles. The Hall–Kier alpha value is -1.94. The molecule has 0 radical (unpaired) electrons. The van der Waals surface area contributed by atoms with Gasteiger partial charge in [-0.15, -0.1) is 6.58 Å². The van der Waals surface area contributed by atoms with E-state index in [9.17, 15) is 9.18 Å². The fourth-order valence-corrected chi connectivity index (χ4v) is 3.73. The third-order valence-corrected chi connectivity index (χ3v) is 5.16. The van der Waals surface area contributed by atoms with E-state index >= 15 is 0 Å². The molecule has 0 N–H and O–H groups in total. The lowest BCUT2D eigenvalue weighted by Gasteiger charge is -2.38. The number of hydrogen-bond donors (Lipinski definition) is 0. The average Bonchev–Trinajstić information content (AvgIpc) is 2.94. The number of ether oxygens (including phenoxy) is 2. The number of carbonyl (C=O) groups is 1. The molecule has 4 heteroatoms. The van der Waals surface area contributed by atoms with E-state index in [0.29, 0.717) is 30.6 Å². The summed E-state index contributed by atoms with van der Waals surface area (Å²) in [6, 6.07) is 5.29. The predicted octanol–water partition coefficient (Wildman–Crippen LogP) is 4.10. The number of aryl methyl sites for hydroxylation is 1. The summed E-state index contributed by atoms with van der Waals surface area (Å²) < 4.78 is 25.8. The lowest BCUT2D eigenvalue weighted by molar-refractivity contribution is -0.123. The smallest absolute Gasteiger partial charge is 0.189 e. The van der Waals surface area contributed by atoms with Crippen molar-refractivity contribution in [3.8, 4) is 0 Å². The van der Waals surface area contributed by atoms with Crippen LogP contribution in [-0.4, -0.2) is 18.2 Å². The van der Waals surface area contributed by atoms with E-state index in [1.165, 1.54) is 0 Å². The first-order valence-electron chi connectivity index (χ1n) is 8.35. The van der Waals surface area contributed by atoms with Crippen molar-refractivity contribution in [2.24, 2.45) is 11.8 Å². The van der Waals surface area contributed by atoms with Gasteiger partial charge in [0.1, 0.15) is 17.2 Å². The van der Waals surface area contributed by atoms with Crippen molar-refractivity contribution in [1.82, 2.24) is 0 Å². The van der Waals surface area contributed by atoms with Gasteiger partial charge in [0.25, 0.3) is 0 Å². The van der Waals surface area contributed by atoms with Gasteiger partial charge >= 0.3 is 0 Å². The van der Waals surface area contributed by atoms with Crippen molar-refractivity contribution >= 4 is 5.78 Å². The van der Waals surface area contributed by atoms with Crippen LogP contribution < -0.4 is 0 Å². The maximum Gasteiger partial charge on any atom is 0.189 e. The van der Waals surface area contributed by atoms with Crippen molar-refractivity contribution in [2.45, 2.75) is 38.7 Å². The fourth-order valence-electron chi connectivity index (χ4n) is 3.73. The topological polar surface area (TPSA) is 35.5 Å². The van der Waals surface area contributed by atoms with Crippen LogP contribution in [0.2, 0.25) is 0 Å². The predicted molar refractivity (Wildman–Crippen MR) is 89.8 cm³/mol. The van der Waals surface area contributed by atoms with Crippen LogP contribution in [-0.2, 0) is 20.7 Å². The quantitative estimate of drug-likeness (QED) is 0.762. The Morgan fingerprint density at radius 3 is 3.00 bits per heavy atom. The molecule has 3 nitrogen and oxygen atoms in total. The molecule has 2 aliphatic rings. The third-order valence-electron chi connectivity index (χ3n) is 5.16. The number of allylic oxidation sites excluding steroid dienone is 2. The Kier molecular flexibility index (Phi) is 4.59. The molecule has 1 fully saturated rings. The zero-order chi connectivity index (χ0) is 17.3. The van der Waals surface area contributed by atoms with Gasteiger partial charge in [0.05, 0.1) is 0 Å². The van der Waals surface area contributed by atoms with Gasteiger partial charge < -0.3 is 9.47 Å². The van der Waals surface area contributed by atoms with Gasteiger partial charge in [-0.2, -0.15) is 0 Å². The standard InChI is InChI=1S/C20H23FO3/c1-4-5-16-11-20(19(10-18(16)22)23-12-24-20)14(3)9-15-7-6-13(2)8-17(15)21/h4,6-8,10,14,16H,1,5,9,11-12H2,2-3H3/t14-,16-,20+/m0/s1. The molecule has 0 unspecified atom stereocenters. The van der Waals surface area contributed by atoms with E-state index in [1.54, 1.807) is 18.2 Å². The van der Waals surface area contributed by atoms with Crippen molar-refractivity contribution in [3.63, 3.8) is 0 Å². The van der Waals surface area contributed by atoms with Crippen molar-refractivity contribution in [1.29, 1.82) is 0 Å². The number of benzene rings is 1. The Balaban J connectivity index is 1.88. The molecule has 1 saturated heterocycles. The highest BCUT2D eigenvalue weighted by molar-refractivity contribution is 5.93. The maximum atomic E-state index is 14.2. The summed E-state index contributed by atoms with van der Waals surface area (Å²) in [6.45, 7) is 7.78. The number of rotatable bonds is 5.